The summed E-state index contributed by atoms with van der Waals surface area (Å²) in [4.78, 5) is 21.1. The normalized spacial score (nSPS) is 12.2. The minimum atomic E-state index is -0.195. The van der Waals surface area contributed by atoms with Gasteiger partial charge in [-0.05, 0) is 24.6 Å². The van der Waals surface area contributed by atoms with Crippen molar-refractivity contribution in [3.05, 3.63) is 88.1 Å². The summed E-state index contributed by atoms with van der Waals surface area (Å²) in [6.07, 6.45) is 3.26. The SMILES string of the molecule is Cc1cccc(C(Nc2nn3c(=O)ccnc3s2)c2ccccn2)c1. The first-order valence-electron chi connectivity index (χ1n) is 7.79. The van der Waals surface area contributed by atoms with Gasteiger partial charge in [0.1, 0.15) is 0 Å². The van der Waals surface area contributed by atoms with E-state index in [1.807, 2.05) is 24.3 Å². The molecule has 3 heterocycles. The van der Waals surface area contributed by atoms with Gasteiger partial charge in [-0.3, -0.25) is 9.78 Å². The van der Waals surface area contributed by atoms with Crippen LogP contribution in [-0.2, 0) is 0 Å². The third-order valence-corrected chi connectivity index (χ3v) is 4.65. The molecule has 0 saturated heterocycles. The van der Waals surface area contributed by atoms with Crippen LogP contribution in [0.25, 0.3) is 4.96 Å². The maximum absolute atomic E-state index is 11.9. The van der Waals surface area contributed by atoms with Crippen molar-refractivity contribution in [2.45, 2.75) is 13.0 Å². The van der Waals surface area contributed by atoms with Crippen molar-refractivity contribution in [3.8, 4) is 0 Å². The molecule has 25 heavy (non-hydrogen) atoms. The smallest absolute Gasteiger partial charge is 0.275 e. The van der Waals surface area contributed by atoms with Crippen LogP contribution in [0.5, 0.6) is 0 Å². The highest BCUT2D eigenvalue weighted by atomic mass is 32.1. The largest absolute Gasteiger partial charge is 0.348 e. The number of rotatable bonds is 4. The first-order chi connectivity index (χ1) is 12.2. The monoisotopic (exact) mass is 349 g/mol. The Bertz CT molecular complexity index is 1070. The lowest BCUT2D eigenvalue weighted by molar-refractivity contribution is 0.851. The molecule has 0 aliphatic carbocycles. The molecule has 0 bridgehead atoms. The molecular formula is C18H15N5OS. The van der Waals surface area contributed by atoms with E-state index in [0.717, 1.165) is 11.3 Å². The van der Waals surface area contributed by atoms with Crippen LogP contribution < -0.4 is 10.9 Å². The summed E-state index contributed by atoms with van der Waals surface area (Å²) in [5, 5.41) is 8.37. The van der Waals surface area contributed by atoms with Gasteiger partial charge in [0.15, 0.2) is 0 Å². The third-order valence-electron chi connectivity index (χ3n) is 3.80. The van der Waals surface area contributed by atoms with E-state index >= 15 is 0 Å². The standard InChI is InChI=1S/C18H15N5OS/c1-12-5-4-6-13(11-12)16(14-7-2-3-9-19-14)21-17-22-23-15(24)8-10-20-18(23)25-17/h2-11,16H,1H3,(H,21,22). The van der Waals surface area contributed by atoms with Crippen LogP contribution in [0.3, 0.4) is 0 Å². The average molecular weight is 349 g/mol. The molecule has 0 spiro atoms. The Morgan fingerprint density at radius 3 is 2.76 bits per heavy atom. The second kappa shape index (κ2) is 6.45. The van der Waals surface area contributed by atoms with Crippen molar-refractivity contribution >= 4 is 21.4 Å². The summed E-state index contributed by atoms with van der Waals surface area (Å²) in [5.41, 5.74) is 2.94. The number of nitrogens with zero attached hydrogens (tertiary/aromatic N) is 4. The zero-order chi connectivity index (χ0) is 17.2. The molecule has 0 radical (unpaired) electrons. The van der Waals surface area contributed by atoms with Gasteiger partial charge >= 0.3 is 0 Å². The molecule has 0 saturated carbocycles. The lowest BCUT2D eigenvalue weighted by atomic mass is 10.0. The number of aryl methyl sites for hydroxylation is 1. The van der Waals surface area contributed by atoms with Gasteiger partial charge in [0.05, 0.1) is 11.7 Å². The Kier molecular flexibility index (Phi) is 3.99. The summed E-state index contributed by atoms with van der Waals surface area (Å²) in [6, 6.07) is 15.3. The van der Waals surface area contributed by atoms with Crippen LogP contribution in [0.2, 0.25) is 0 Å². The highest BCUT2D eigenvalue weighted by Gasteiger charge is 2.18. The number of aromatic nitrogens is 4. The molecule has 0 fully saturated rings. The first-order valence-corrected chi connectivity index (χ1v) is 8.61. The quantitative estimate of drug-likeness (QED) is 0.613. The highest BCUT2D eigenvalue weighted by Crippen LogP contribution is 2.27. The Balaban J connectivity index is 1.77. The number of fused-ring (bicyclic) bond motifs is 1. The molecule has 0 aliphatic heterocycles. The van der Waals surface area contributed by atoms with E-state index in [1.54, 1.807) is 6.20 Å². The molecule has 124 valence electrons. The zero-order valence-corrected chi connectivity index (χ0v) is 14.3. The number of anilines is 1. The fourth-order valence-corrected chi connectivity index (χ4v) is 3.45. The summed E-state index contributed by atoms with van der Waals surface area (Å²) < 4.78 is 1.30. The molecule has 3 aromatic heterocycles. The number of benzene rings is 1. The maximum atomic E-state index is 11.9. The van der Waals surface area contributed by atoms with Crippen molar-refractivity contribution in [2.75, 3.05) is 5.32 Å². The number of pyridine rings is 1. The van der Waals surface area contributed by atoms with Crippen LogP contribution in [0, 0.1) is 6.92 Å². The van der Waals surface area contributed by atoms with Crippen LogP contribution in [0.4, 0.5) is 5.13 Å². The van der Waals surface area contributed by atoms with E-state index in [-0.39, 0.29) is 11.6 Å². The van der Waals surface area contributed by atoms with E-state index < -0.39 is 0 Å². The first kappa shape index (κ1) is 15.5. The average Bonchev–Trinajstić information content (AvgIpc) is 3.05. The van der Waals surface area contributed by atoms with Crippen LogP contribution in [0.15, 0.2) is 65.7 Å². The molecule has 1 aromatic carbocycles. The number of hydrogen-bond donors (Lipinski definition) is 1. The van der Waals surface area contributed by atoms with E-state index in [4.69, 9.17) is 0 Å². The van der Waals surface area contributed by atoms with Gasteiger partial charge in [0.25, 0.3) is 5.56 Å². The van der Waals surface area contributed by atoms with Gasteiger partial charge in [0, 0.05) is 18.5 Å². The van der Waals surface area contributed by atoms with Gasteiger partial charge in [-0.15, -0.1) is 5.10 Å². The molecule has 0 amide bonds. The molecule has 4 rings (SSSR count). The van der Waals surface area contributed by atoms with E-state index in [1.165, 1.54) is 33.7 Å². The topological polar surface area (TPSA) is 72.2 Å². The van der Waals surface area contributed by atoms with Crippen molar-refractivity contribution < 1.29 is 0 Å². The molecule has 1 atom stereocenters. The summed E-state index contributed by atoms with van der Waals surface area (Å²) >= 11 is 1.34. The van der Waals surface area contributed by atoms with Gasteiger partial charge < -0.3 is 5.32 Å². The summed E-state index contributed by atoms with van der Waals surface area (Å²) in [7, 11) is 0. The summed E-state index contributed by atoms with van der Waals surface area (Å²) in [5.74, 6) is 0. The van der Waals surface area contributed by atoms with E-state index in [9.17, 15) is 4.79 Å². The Morgan fingerprint density at radius 2 is 2.00 bits per heavy atom. The fraction of sp³-hybridized carbons (Fsp3) is 0.111. The predicted octanol–water partition coefficient (Wildman–Crippen LogP) is 3.06. The molecule has 4 aromatic rings. The minimum Gasteiger partial charge on any atom is -0.348 e. The second-order valence-corrected chi connectivity index (χ2v) is 6.59. The zero-order valence-electron chi connectivity index (χ0n) is 13.5. The van der Waals surface area contributed by atoms with Crippen LogP contribution in [-0.4, -0.2) is 19.6 Å². The molecule has 6 nitrogen and oxygen atoms in total. The second-order valence-electron chi connectivity index (χ2n) is 5.63. The highest BCUT2D eigenvalue weighted by molar-refractivity contribution is 7.20. The lowest BCUT2D eigenvalue weighted by Crippen LogP contribution is -2.16. The number of hydrogen-bond acceptors (Lipinski definition) is 6. The molecule has 1 unspecified atom stereocenters. The lowest BCUT2D eigenvalue weighted by Gasteiger charge is -2.18. The van der Waals surface area contributed by atoms with Crippen molar-refractivity contribution in [1.29, 1.82) is 0 Å². The maximum Gasteiger partial charge on any atom is 0.275 e. The Hall–Kier alpha value is -3.06. The molecular weight excluding hydrogens is 334 g/mol. The molecule has 0 aliphatic rings. The van der Waals surface area contributed by atoms with Crippen LogP contribution >= 0.6 is 11.3 Å². The van der Waals surface area contributed by atoms with Crippen molar-refractivity contribution in [2.24, 2.45) is 0 Å². The van der Waals surface area contributed by atoms with Crippen molar-refractivity contribution in [1.82, 2.24) is 19.6 Å². The summed E-state index contributed by atoms with van der Waals surface area (Å²) in [6.45, 7) is 2.06. The fourth-order valence-electron chi connectivity index (χ4n) is 2.65. The van der Waals surface area contributed by atoms with Gasteiger partial charge in [-0.25, -0.2) is 4.98 Å². The third kappa shape index (κ3) is 3.14. The van der Waals surface area contributed by atoms with E-state index in [2.05, 4.69) is 45.5 Å². The Morgan fingerprint density at radius 1 is 1.08 bits per heavy atom. The molecule has 7 heteroatoms. The molecule has 1 N–H and O–H groups in total. The van der Waals surface area contributed by atoms with Gasteiger partial charge in [-0.1, -0.05) is 47.2 Å². The van der Waals surface area contributed by atoms with Crippen molar-refractivity contribution in [3.63, 3.8) is 0 Å². The van der Waals surface area contributed by atoms with E-state index in [0.29, 0.717) is 10.1 Å². The van der Waals surface area contributed by atoms with Crippen LogP contribution in [0.1, 0.15) is 22.9 Å². The predicted molar refractivity (Wildman–Crippen MR) is 98.0 cm³/mol. The number of nitrogens with one attached hydrogen (secondary N) is 1. The van der Waals surface area contributed by atoms with Gasteiger partial charge in [-0.2, -0.15) is 4.52 Å². The van der Waals surface area contributed by atoms with Gasteiger partial charge in [0.2, 0.25) is 10.1 Å². The minimum absolute atomic E-state index is 0.169. The Labute approximate surface area is 147 Å².